The molecule has 1 aliphatic heterocycles. The smallest absolute Gasteiger partial charge is 0.437 e. The molecule has 0 aliphatic carbocycles. The highest BCUT2D eigenvalue weighted by molar-refractivity contribution is 6.30. The van der Waals surface area contributed by atoms with Crippen LogP contribution in [0.25, 0.3) is 0 Å². The van der Waals surface area contributed by atoms with Gasteiger partial charge in [-0.3, -0.25) is 19.6 Å². The van der Waals surface area contributed by atoms with Crippen LogP contribution < -0.4 is 25.9 Å². The van der Waals surface area contributed by atoms with Gasteiger partial charge in [-0.25, -0.2) is 10.4 Å². The van der Waals surface area contributed by atoms with Crippen LogP contribution in [0.5, 0.6) is 17.2 Å². The number of nitriles is 1. The van der Waals surface area contributed by atoms with Crippen LogP contribution in [0, 0.1) is 11.3 Å². The van der Waals surface area contributed by atoms with Crippen LogP contribution in [0.2, 0.25) is 5.02 Å². The summed E-state index contributed by atoms with van der Waals surface area (Å²) in [5.41, 5.74) is 2.86. The van der Waals surface area contributed by atoms with Crippen LogP contribution in [0.15, 0.2) is 53.6 Å². The Morgan fingerprint density at radius 1 is 1.15 bits per heavy atom. The lowest BCUT2D eigenvalue weighted by Gasteiger charge is -2.31. The monoisotopic (exact) mass is 569 g/mol. The third-order valence-corrected chi connectivity index (χ3v) is 5.86. The number of halogens is 6. The van der Waals surface area contributed by atoms with Gasteiger partial charge in [0.25, 0.3) is 5.56 Å². The molecular formula is C24H17ClF5N5O4. The standard InChI is InChI=1S/C24H17ClF5N5O4/c25-14-5-12(9-31)6-17(7-14)38-19-20(24(28,29)30)32-11-35(22(19)37)10-15-8-18(21(36)34-33-15)13-1-3-16(4-2-13)39-23(26)27/h1-7,11,15,18,23,33H,8,10H2,(H,34,36). The molecule has 1 amide bonds. The van der Waals surface area contributed by atoms with Crippen molar-refractivity contribution in [1.82, 2.24) is 20.4 Å². The SMILES string of the molecule is N#Cc1cc(Cl)cc(Oc2c(C(F)(F)F)ncn(CC3CC(c4ccc(OC(F)F)cc4)C(=O)NN3)c2=O)c1. The average molecular weight is 570 g/mol. The lowest BCUT2D eigenvalue weighted by molar-refractivity contribution is -0.142. The van der Waals surface area contributed by atoms with E-state index in [-0.39, 0.29) is 35.1 Å². The van der Waals surface area contributed by atoms with Gasteiger partial charge in [-0.1, -0.05) is 23.7 Å². The van der Waals surface area contributed by atoms with E-state index >= 15 is 0 Å². The van der Waals surface area contributed by atoms with E-state index in [2.05, 4.69) is 20.6 Å². The van der Waals surface area contributed by atoms with Gasteiger partial charge in [0.15, 0.2) is 5.69 Å². The number of ether oxygens (including phenoxy) is 2. The molecule has 15 heteroatoms. The van der Waals surface area contributed by atoms with Crippen molar-refractivity contribution in [3.05, 3.63) is 81.0 Å². The Morgan fingerprint density at radius 2 is 1.87 bits per heavy atom. The maximum atomic E-state index is 13.6. The van der Waals surface area contributed by atoms with Gasteiger partial charge in [-0.2, -0.15) is 27.2 Å². The molecule has 2 heterocycles. The minimum absolute atomic E-state index is 0.00253. The van der Waals surface area contributed by atoms with E-state index in [0.717, 1.165) is 16.7 Å². The third kappa shape index (κ3) is 6.62. The average Bonchev–Trinajstić information content (AvgIpc) is 2.86. The third-order valence-electron chi connectivity index (χ3n) is 5.65. The first-order chi connectivity index (χ1) is 18.4. The normalized spacial score (nSPS) is 17.4. The molecule has 3 aromatic rings. The first-order valence-corrected chi connectivity index (χ1v) is 11.5. The number of nitrogens with zero attached hydrogens (tertiary/aromatic N) is 3. The van der Waals surface area contributed by atoms with Crippen LogP contribution >= 0.6 is 11.6 Å². The summed E-state index contributed by atoms with van der Waals surface area (Å²) in [6.07, 6.45) is -4.22. The number of amides is 1. The molecule has 0 radical (unpaired) electrons. The topological polar surface area (TPSA) is 118 Å². The molecule has 2 N–H and O–H groups in total. The number of carbonyl (C=O) groups is 1. The lowest BCUT2D eigenvalue weighted by atomic mass is 9.90. The quantitative estimate of drug-likeness (QED) is 0.406. The summed E-state index contributed by atoms with van der Waals surface area (Å²) in [6.45, 7) is -3.23. The molecule has 0 spiro atoms. The molecule has 2 atom stereocenters. The van der Waals surface area contributed by atoms with Crippen LogP contribution in [0.4, 0.5) is 22.0 Å². The molecule has 1 saturated heterocycles. The van der Waals surface area contributed by atoms with Gasteiger partial charge >= 0.3 is 12.8 Å². The number of hydrogen-bond acceptors (Lipinski definition) is 7. The number of benzene rings is 2. The predicted molar refractivity (Wildman–Crippen MR) is 125 cm³/mol. The molecular weight excluding hydrogens is 553 g/mol. The zero-order chi connectivity index (χ0) is 28.3. The highest BCUT2D eigenvalue weighted by Crippen LogP contribution is 2.35. The Labute approximate surface area is 221 Å². The van der Waals surface area contributed by atoms with E-state index in [1.165, 1.54) is 30.3 Å². The summed E-state index contributed by atoms with van der Waals surface area (Å²) in [5, 5.41) is 9.10. The number of hydrogen-bond donors (Lipinski definition) is 2. The minimum Gasteiger partial charge on any atom is -0.449 e. The van der Waals surface area contributed by atoms with E-state index in [0.29, 0.717) is 11.9 Å². The van der Waals surface area contributed by atoms with Crippen LogP contribution in [0.3, 0.4) is 0 Å². The summed E-state index contributed by atoms with van der Waals surface area (Å²) in [6, 6.07) is 10.1. The van der Waals surface area contributed by atoms with Crippen LogP contribution in [-0.2, 0) is 17.5 Å². The fourth-order valence-electron chi connectivity index (χ4n) is 3.94. The number of alkyl halides is 5. The van der Waals surface area contributed by atoms with E-state index in [1.54, 1.807) is 6.07 Å². The Morgan fingerprint density at radius 3 is 2.51 bits per heavy atom. The van der Waals surface area contributed by atoms with E-state index in [9.17, 15) is 31.5 Å². The first-order valence-electron chi connectivity index (χ1n) is 11.1. The van der Waals surface area contributed by atoms with E-state index in [4.69, 9.17) is 21.6 Å². The van der Waals surface area contributed by atoms with E-state index < -0.39 is 47.7 Å². The molecule has 204 valence electrons. The van der Waals surface area contributed by atoms with Crippen molar-refractivity contribution in [2.45, 2.75) is 37.7 Å². The molecule has 9 nitrogen and oxygen atoms in total. The van der Waals surface area contributed by atoms with Crippen molar-refractivity contribution in [3.8, 4) is 23.3 Å². The largest absolute Gasteiger partial charge is 0.449 e. The molecule has 1 aliphatic rings. The summed E-state index contributed by atoms with van der Waals surface area (Å²) in [5.74, 6) is -2.70. The number of rotatable bonds is 7. The predicted octanol–water partition coefficient (Wildman–Crippen LogP) is 4.36. The van der Waals surface area contributed by atoms with Crippen molar-refractivity contribution < 1.29 is 36.2 Å². The summed E-state index contributed by atoms with van der Waals surface area (Å²) in [4.78, 5) is 28.9. The Kier molecular flexibility index (Phi) is 8.03. The van der Waals surface area contributed by atoms with Gasteiger partial charge in [-0.15, -0.1) is 0 Å². The molecule has 1 fully saturated rings. The van der Waals surface area contributed by atoms with Crippen molar-refractivity contribution in [3.63, 3.8) is 0 Å². The van der Waals surface area contributed by atoms with Crippen molar-refractivity contribution in [2.24, 2.45) is 0 Å². The summed E-state index contributed by atoms with van der Waals surface area (Å²) >= 11 is 5.90. The maximum Gasteiger partial charge on any atom is 0.437 e. The summed E-state index contributed by atoms with van der Waals surface area (Å²) < 4.78 is 76.2. The van der Waals surface area contributed by atoms with Gasteiger partial charge < -0.3 is 9.47 Å². The van der Waals surface area contributed by atoms with Crippen molar-refractivity contribution in [1.29, 1.82) is 5.26 Å². The number of aromatic nitrogens is 2. The molecule has 4 rings (SSSR count). The molecule has 1 aromatic heterocycles. The molecule has 0 saturated carbocycles. The Hall–Kier alpha value is -4.22. The summed E-state index contributed by atoms with van der Waals surface area (Å²) in [7, 11) is 0. The second-order valence-electron chi connectivity index (χ2n) is 8.33. The second kappa shape index (κ2) is 11.3. The molecule has 2 aromatic carbocycles. The van der Waals surface area contributed by atoms with Gasteiger partial charge in [0.05, 0.1) is 23.9 Å². The fraction of sp³-hybridized carbons (Fsp3) is 0.250. The van der Waals surface area contributed by atoms with Crippen molar-refractivity contribution >= 4 is 17.5 Å². The van der Waals surface area contributed by atoms with Gasteiger partial charge in [-0.05, 0) is 42.3 Å². The van der Waals surface area contributed by atoms with E-state index in [1.807, 2.05) is 0 Å². The van der Waals surface area contributed by atoms with Crippen LogP contribution in [0.1, 0.15) is 29.2 Å². The fourth-order valence-corrected chi connectivity index (χ4v) is 4.16. The Balaban J connectivity index is 1.60. The number of hydrazine groups is 1. The molecule has 2 unspecified atom stereocenters. The first kappa shape index (κ1) is 27.8. The minimum atomic E-state index is -5.04. The number of carbonyl (C=O) groups excluding carboxylic acids is 1. The molecule has 39 heavy (non-hydrogen) atoms. The highest BCUT2D eigenvalue weighted by Gasteiger charge is 2.39. The number of nitrogens with one attached hydrogen (secondary N) is 2. The Bertz CT molecular complexity index is 1470. The van der Waals surface area contributed by atoms with Gasteiger partial charge in [0.1, 0.15) is 11.5 Å². The lowest BCUT2D eigenvalue weighted by Crippen LogP contribution is -2.54. The second-order valence-corrected chi connectivity index (χ2v) is 8.77. The zero-order valence-corrected chi connectivity index (χ0v) is 20.3. The van der Waals surface area contributed by atoms with Crippen LogP contribution in [-0.4, -0.2) is 28.1 Å². The van der Waals surface area contributed by atoms with Gasteiger partial charge in [0.2, 0.25) is 11.7 Å². The van der Waals surface area contributed by atoms with Gasteiger partial charge in [0, 0.05) is 17.6 Å². The zero-order valence-electron chi connectivity index (χ0n) is 19.5. The maximum absolute atomic E-state index is 13.6. The highest BCUT2D eigenvalue weighted by atomic mass is 35.5. The van der Waals surface area contributed by atoms with Crippen molar-refractivity contribution in [2.75, 3.05) is 0 Å². The molecule has 0 bridgehead atoms.